The van der Waals surface area contributed by atoms with E-state index in [-0.39, 0.29) is 34.3 Å². The summed E-state index contributed by atoms with van der Waals surface area (Å²) < 4.78 is 6.05. The number of nitrogens with zero attached hydrogens (tertiary/aromatic N) is 1. The summed E-state index contributed by atoms with van der Waals surface area (Å²) in [4.78, 5) is 15.7. The average Bonchev–Trinajstić information content (AvgIpc) is 3.19. The number of likely N-dealkylation sites (tertiary alicyclic amines) is 1. The first kappa shape index (κ1) is 16.2. The molecule has 1 fully saturated rings. The van der Waals surface area contributed by atoms with Gasteiger partial charge in [0.15, 0.2) is 5.43 Å². The van der Waals surface area contributed by atoms with Crippen molar-refractivity contribution < 1.29 is 14.6 Å². The van der Waals surface area contributed by atoms with Crippen LogP contribution in [0, 0.1) is 0 Å². The Balaban J connectivity index is 2.03. The lowest BCUT2D eigenvalue weighted by atomic mass is 9.90. The van der Waals surface area contributed by atoms with E-state index in [1.807, 2.05) is 24.6 Å². The second-order valence-corrected chi connectivity index (χ2v) is 7.55. The number of benzene rings is 1. The highest BCUT2D eigenvalue weighted by molar-refractivity contribution is 7.13. The van der Waals surface area contributed by atoms with E-state index in [2.05, 4.69) is 11.8 Å². The van der Waals surface area contributed by atoms with Crippen molar-refractivity contribution in [3.05, 3.63) is 45.4 Å². The van der Waals surface area contributed by atoms with Crippen molar-refractivity contribution in [3.8, 4) is 22.1 Å². The summed E-state index contributed by atoms with van der Waals surface area (Å²) in [6.07, 6.45) is 0.859. The highest BCUT2D eigenvalue weighted by Gasteiger charge is 2.34. The number of phenols is 2. The molecule has 0 saturated carbocycles. The molecule has 1 aromatic carbocycles. The lowest BCUT2D eigenvalue weighted by Gasteiger charge is -2.22. The largest absolute Gasteiger partial charge is 0.507 e. The van der Waals surface area contributed by atoms with Crippen LogP contribution in [0.2, 0.25) is 0 Å². The Morgan fingerprint density at radius 2 is 2.08 bits per heavy atom. The number of thiophene rings is 1. The first-order chi connectivity index (χ1) is 12.0. The fourth-order valence-electron chi connectivity index (χ4n) is 3.70. The van der Waals surface area contributed by atoms with Crippen LogP contribution in [0.5, 0.6) is 11.5 Å². The van der Waals surface area contributed by atoms with Crippen LogP contribution in [-0.4, -0.2) is 34.7 Å². The van der Waals surface area contributed by atoms with E-state index in [9.17, 15) is 15.0 Å². The smallest absolute Gasteiger partial charge is 0.197 e. The maximum Gasteiger partial charge on any atom is 0.197 e. The molecule has 4 rings (SSSR count). The van der Waals surface area contributed by atoms with Gasteiger partial charge >= 0.3 is 0 Å². The first-order valence-corrected chi connectivity index (χ1v) is 9.12. The number of aromatic hydroxyl groups is 2. The molecule has 3 aromatic rings. The molecule has 0 aliphatic carbocycles. The monoisotopic (exact) mass is 357 g/mol. The van der Waals surface area contributed by atoms with Crippen LogP contribution in [-0.2, 0) is 0 Å². The Kier molecular flexibility index (Phi) is 3.81. The van der Waals surface area contributed by atoms with Gasteiger partial charge in [-0.3, -0.25) is 4.79 Å². The molecule has 2 aromatic heterocycles. The Bertz CT molecular complexity index is 993. The van der Waals surface area contributed by atoms with E-state index in [0.717, 1.165) is 17.8 Å². The molecular weight excluding hydrogens is 338 g/mol. The molecule has 6 heteroatoms. The third kappa shape index (κ3) is 2.53. The first-order valence-electron chi connectivity index (χ1n) is 8.24. The zero-order valence-corrected chi connectivity index (χ0v) is 14.8. The third-order valence-electron chi connectivity index (χ3n) is 5.20. The van der Waals surface area contributed by atoms with Gasteiger partial charge in [-0.25, -0.2) is 0 Å². The SMILES string of the molecule is C[C@@H]1[C@@H](c2c(O)cc(O)c3c(=O)cc(-c4cccs4)oc23)CCN1C. The fraction of sp³-hybridized carbons (Fsp3) is 0.316. The van der Waals surface area contributed by atoms with Crippen molar-refractivity contribution in [2.24, 2.45) is 0 Å². The van der Waals surface area contributed by atoms with E-state index in [1.165, 1.54) is 23.5 Å². The standard InChI is InChI=1S/C19H19NO4S/c1-10-11(5-6-20(10)2)17-12(21)8-13(22)18-14(23)9-15(24-19(17)18)16-4-3-7-25-16/h3-4,7-11,21-22H,5-6H2,1-2H3/t10-,11+/m1/s1. The molecule has 5 nitrogen and oxygen atoms in total. The van der Waals surface area contributed by atoms with Crippen LogP contribution >= 0.6 is 11.3 Å². The van der Waals surface area contributed by atoms with Gasteiger partial charge in [0.25, 0.3) is 0 Å². The maximum atomic E-state index is 12.6. The van der Waals surface area contributed by atoms with E-state index in [0.29, 0.717) is 16.9 Å². The summed E-state index contributed by atoms with van der Waals surface area (Å²) in [5.74, 6) is 0.220. The summed E-state index contributed by atoms with van der Waals surface area (Å²) >= 11 is 1.47. The molecule has 0 bridgehead atoms. The van der Waals surface area contributed by atoms with Crippen LogP contribution in [0.15, 0.2) is 38.9 Å². The minimum Gasteiger partial charge on any atom is -0.507 e. The molecule has 130 valence electrons. The summed E-state index contributed by atoms with van der Waals surface area (Å²) in [5.41, 5.74) is 0.600. The van der Waals surface area contributed by atoms with Gasteiger partial charge in [-0.05, 0) is 38.4 Å². The van der Waals surface area contributed by atoms with Gasteiger partial charge in [0, 0.05) is 29.7 Å². The average molecular weight is 357 g/mol. The molecule has 1 aliphatic heterocycles. The van der Waals surface area contributed by atoms with E-state index < -0.39 is 0 Å². The number of phenolic OH excluding ortho intramolecular Hbond substituents is 2. The molecule has 2 N–H and O–H groups in total. The molecule has 0 spiro atoms. The van der Waals surface area contributed by atoms with Crippen LogP contribution in [0.4, 0.5) is 0 Å². The van der Waals surface area contributed by atoms with Crippen LogP contribution in [0.1, 0.15) is 24.8 Å². The molecule has 3 heterocycles. The summed E-state index contributed by atoms with van der Waals surface area (Å²) in [7, 11) is 2.04. The number of fused-ring (bicyclic) bond motifs is 1. The van der Waals surface area contributed by atoms with Gasteiger partial charge in [-0.1, -0.05) is 6.07 Å². The van der Waals surface area contributed by atoms with Gasteiger partial charge in [-0.2, -0.15) is 0 Å². The number of rotatable bonds is 2. The zero-order chi connectivity index (χ0) is 17.7. The summed E-state index contributed by atoms with van der Waals surface area (Å²) in [5, 5.41) is 22.8. The zero-order valence-electron chi connectivity index (χ0n) is 14.0. The van der Waals surface area contributed by atoms with Crippen molar-refractivity contribution >= 4 is 22.3 Å². The Morgan fingerprint density at radius 3 is 2.72 bits per heavy atom. The Labute approximate surface area is 148 Å². The predicted molar refractivity (Wildman–Crippen MR) is 98.6 cm³/mol. The van der Waals surface area contributed by atoms with Crippen molar-refractivity contribution in [2.75, 3.05) is 13.6 Å². The Morgan fingerprint density at radius 1 is 1.28 bits per heavy atom. The van der Waals surface area contributed by atoms with E-state index in [4.69, 9.17) is 4.42 Å². The van der Waals surface area contributed by atoms with Gasteiger partial charge in [0.05, 0.1) is 4.88 Å². The topological polar surface area (TPSA) is 73.9 Å². The molecule has 25 heavy (non-hydrogen) atoms. The number of likely N-dealkylation sites (N-methyl/N-ethyl adjacent to an activating group) is 1. The minimum atomic E-state index is -0.303. The van der Waals surface area contributed by atoms with Gasteiger partial charge in [0.2, 0.25) is 0 Å². The molecule has 1 saturated heterocycles. The molecule has 1 aliphatic rings. The van der Waals surface area contributed by atoms with E-state index >= 15 is 0 Å². The minimum absolute atomic E-state index is 0.0244. The van der Waals surface area contributed by atoms with Gasteiger partial charge in [-0.15, -0.1) is 11.3 Å². The molecule has 0 amide bonds. The van der Waals surface area contributed by atoms with Gasteiger partial charge in [0.1, 0.15) is 28.2 Å². The summed E-state index contributed by atoms with van der Waals surface area (Å²) in [6.45, 7) is 3.00. The van der Waals surface area contributed by atoms with Crippen molar-refractivity contribution in [1.82, 2.24) is 4.90 Å². The van der Waals surface area contributed by atoms with Crippen molar-refractivity contribution in [1.29, 1.82) is 0 Å². The lowest BCUT2D eigenvalue weighted by Crippen LogP contribution is -2.25. The maximum absolute atomic E-state index is 12.6. The lowest BCUT2D eigenvalue weighted by molar-refractivity contribution is 0.315. The normalized spacial score (nSPS) is 21.2. The van der Waals surface area contributed by atoms with Crippen molar-refractivity contribution in [3.63, 3.8) is 0 Å². The number of hydrogen-bond donors (Lipinski definition) is 2. The molecule has 0 radical (unpaired) electrons. The van der Waals surface area contributed by atoms with E-state index in [1.54, 1.807) is 0 Å². The van der Waals surface area contributed by atoms with Crippen LogP contribution in [0.3, 0.4) is 0 Å². The summed E-state index contributed by atoms with van der Waals surface area (Å²) in [6, 6.07) is 6.63. The molecular formula is C19H19NO4S. The Hall–Kier alpha value is -2.31. The third-order valence-corrected chi connectivity index (χ3v) is 6.09. The molecule has 2 atom stereocenters. The van der Waals surface area contributed by atoms with Gasteiger partial charge < -0.3 is 19.5 Å². The quantitative estimate of drug-likeness (QED) is 0.731. The van der Waals surface area contributed by atoms with Crippen molar-refractivity contribution in [2.45, 2.75) is 25.3 Å². The predicted octanol–water partition coefficient (Wildman–Crippen LogP) is 3.74. The second-order valence-electron chi connectivity index (χ2n) is 6.60. The highest BCUT2D eigenvalue weighted by atomic mass is 32.1. The fourth-order valence-corrected chi connectivity index (χ4v) is 4.38. The molecule has 0 unspecified atom stereocenters. The second kappa shape index (κ2) is 5.89. The van der Waals surface area contributed by atoms with Crippen LogP contribution in [0.25, 0.3) is 21.6 Å². The number of hydrogen-bond acceptors (Lipinski definition) is 6. The highest BCUT2D eigenvalue weighted by Crippen LogP contribution is 2.44. The van der Waals surface area contributed by atoms with Crippen LogP contribution < -0.4 is 5.43 Å².